The van der Waals surface area contributed by atoms with Crippen LogP contribution in [0.15, 0.2) is 0 Å². The van der Waals surface area contributed by atoms with Gasteiger partial charge >= 0.3 is 5.97 Å². The van der Waals surface area contributed by atoms with E-state index < -0.39 is 0 Å². The van der Waals surface area contributed by atoms with Crippen LogP contribution in [0.1, 0.15) is 33.6 Å². The van der Waals surface area contributed by atoms with Gasteiger partial charge in [0, 0.05) is 13.0 Å². The Morgan fingerprint density at radius 3 is 2.50 bits per heavy atom. The SMILES string of the molecule is CCN(CCCC(=O)OC)CC(C)C. The Balaban J connectivity index is 3.57. The number of hydrogen-bond donors (Lipinski definition) is 0. The van der Waals surface area contributed by atoms with Crippen molar-refractivity contribution in [1.82, 2.24) is 4.90 Å². The van der Waals surface area contributed by atoms with Gasteiger partial charge in [-0.15, -0.1) is 0 Å². The van der Waals surface area contributed by atoms with E-state index >= 15 is 0 Å². The van der Waals surface area contributed by atoms with E-state index in [1.54, 1.807) is 0 Å². The van der Waals surface area contributed by atoms with Crippen molar-refractivity contribution in [3.05, 3.63) is 0 Å². The van der Waals surface area contributed by atoms with E-state index in [1.165, 1.54) is 7.11 Å². The van der Waals surface area contributed by atoms with Crippen LogP contribution >= 0.6 is 0 Å². The van der Waals surface area contributed by atoms with Crippen LogP contribution in [-0.2, 0) is 9.53 Å². The van der Waals surface area contributed by atoms with Crippen LogP contribution in [0.2, 0.25) is 0 Å². The molecule has 0 saturated carbocycles. The zero-order chi connectivity index (χ0) is 11.0. The molecule has 3 heteroatoms. The summed E-state index contributed by atoms with van der Waals surface area (Å²) in [7, 11) is 1.44. The lowest BCUT2D eigenvalue weighted by atomic mass is 10.2. The Morgan fingerprint density at radius 2 is 2.07 bits per heavy atom. The molecule has 0 bridgehead atoms. The lowest BCUT2D eigenvalue weighted by Gasteiger charge is -2.21. The van der Waals surface area contributed by atoms with Crippen molar-refractivity contribution >= 4 is 5.97 Å². The first-order chi connectivity index (χ1) is 6.60. The molecule has 0 aliphatic heterocycles. The Bertz CT molecular complexity index is 157. The molecule has 0 unspecified atom stereocenters. The van der Waals surface area contributed by atoms with Gasteiger partial charge in [-0.2, -0.15) is 0 Å². The third kappa shape index (κ3) is 6.89. The van der Waals surface area contributed by atoms with Crippen molar-refractivity contribution in [3.63, 3.8) is 0 Å². The van der Waals surface area contributed by atoms with Gasteiger partial charge in [-0.25, -0.2) is 0 Å². The van der Waals surface area contributed by atoms with Crippen LogP contribution < -0.4 is 0 Å². The predicted molar refractivity (Wildman–Crippen MR) is 58.2 cm³/mol. The summed E-state index contributed by atoms with van der Waals surface area (Å²) in [6.07, 6.45) is 1.43. The van der Waals surface area contributed by atoms with Crippen LogP contribution in [0.4, 0.5) is 0 Å². The van der Waals surface area contributed by atoms with Crippen molar-refractivity contribution in [2.75, 3.05) is 26.7 Å². The molecule has 0 aromatic carbocycles. The topological polar surface area (TPSA) is 29.5 Å². The third-order valence-electron chi connectivity index (χ3n) is 2.15. The van der Waals surface area contributed by atoms with E-state index in [0.717, 1.165) is 26.1 Å². The second-order valence-corrected chi connectivity index (χ2v) is 3.97. The number of carbonyl (C=O) groups excluding carboxylic acids is 1. The molecule has 0 atom stereocenters. The van der Waals surface area contributed by atoms with E-state index in [9.17, 15) is 4.79 Å². The Kier molecular flexibility index (Phi) is 7.48. The number of methoxy groups -OCH3 is 1. The second kappa shape index (κ2) is 7.80. The highest BCUT2D eigenvalue weighted by atomic mass is 16.5. The number of hydrogen-bond acceptors (Lipinski definition) is 3. The molecule has 0 aromatic rings. The average molecular weight is 201 g/mol. The lowest BCUT2D eigenvalue weighted by molar-refractivity contribution is -0.140. The molecule has 0 rings (SSSR count). The van der Waals surface area contributed by atoms with E-state index in [1.807, 2.05) is 0 Å². The second-order valence-electron chi connectivity index (χ2n) is 3.97. The summed E-state index contributed by atoms with van der Waals surface area (Å²) in [5.74, 6) is 0.582. The van der Waals surface area contributed by atoms with Gasteiger partial charge in [0.2, 0.25) is 0 Å². The maximum atomic E-state index is 10.9. The fourth-order valence-corrected chi connectivity index (χ4v) is 1.44. The summed E-state index contributed by atoms with van der Waals surface area (Å²) in [4.78, 5) is 13.2. The summed E-state index contributed by atoms with van der Waals surface area (Å²) in [5.41, 5.74) is 0. The Hall–Kier alpha value is -0.570. The van der Waals surface area contributed by atoms with Crippen molar-refractivity contribution in [2.45, 2.75) is 33.6 Å². The Labute approximate surface area is 87.4 Å². The number of esters is 1. The fourth-order valence-electron chi connectivity index (χ4n) is 1.44. The average Bonchev–Trinajstić information content (AvgIpc) is 2.15. The summed E-state index contributed by atoms with van der Waals surface area (Å²) in [6, 6.07) is 0. The first kappa shape index (κ1) is 13.4. The third-order valence-corrected chi connectivity index (χ3v) is 2.15. The van der Waals surface area contributed by atoms with Crippen molar-refractivity contribution in [3.8, 4) is 0 Å². The molecule has 0 amide bonds. The van der Waals surface area contributed by atoms with Crippen molar-refractivity contribution in [2.24, 2.45) is 5.92 Å². The molecule has 0 aliphatic carbocycles. The molecular formula is C11H23NO2. The standard InChI is InChI=1S/C11H23NO2/c1-5-12(9-10(2)3)8-6-7-11(13)14-4/h10H,5-9H2,1-4H3. The summed E-state index contributed by atoms with van der Waals surface area (Å²) in [6.45, 7) is 9.73. The van der Waals surface area contributed by atoms with E-state index in [4.69, 9.17) is 0 Å². The number of rotatable bonds is 7. The normalized spacial score (nSPS) is 11.0. The summed E-state index contributed by atoms with van der Waals surface area (Å²) >= 11 is 0. The quantitative estimate of drug-likeness (QED) is 0.589. The molecule has 0 aromatic heterocycles. The molecule has 0 spiro atoms. The van der Waals surface area contributed by atoms with E-state index in [-0.39, 0.29) is 5.97 Å². The predicted octanol–water partition coefficient (Wildman–Crippen LogP) is 1.92. The molecule has 3 nitrogen and oxygen atoms in total. The number of nitrogens with zero attached hydrogens (tertiary/aromatic N) is 1. The molecule has 0 N–H and O–H groups in total. The molecule has 0 radical (unpaired) electrons. The zero-order valence-electron chi connectivity index (χ0n) is 9.88. The van der Waals surface area contributed by atoms with Gasteiger partial charge in [0.05, 0.1) is 7.11 Å². The molecule has 14 heavy (non-hydrogen) atoms. The summed E-state index contributed by atoms with van der Waals surface area (Å²) in [5, 5.41) is 0. The van der Waals surface area contributed by atoms with E-state index in [0.29, 0.717) is 12.3 Å². The van der Waals surface area contributed by atoms with Gasteiger partial charge in [0.15, 0.2) is 0 Å². The minimum absolute atomic E-state index is 0.106. The first-order valence-corrected chi connectivity index (χ1v) is 5.39. The van der Waals surface area contributed by atoms with Gasteiger partial charge in [0.1, 0.15) is 0 Å². The first-order valence-electron chi connectivity index (χ1n) is 5.39. The zero-order valence-corrected chi connectivity index (χ0v) is 9.88. The van der Waals surface area contributed by atoms with Gasteiger partial charge in [-0.05, 0) is 25.4 Å². The monoisotopic (exact) mass is 201 g/mol. The van der Waals surface area contributed by atoms with Crippen LogP contribution in [0.25, 0.3) is 0 Å². The van der Waals surface area contributed by atoms with Crippen LogP contribution in [-0.4, -0.2) is 37.6 Å². The minimum Gasteiger partial charge on any atom is -0.469 e. The van der Waals surface area contributed by atoms with Crippen LogP contribution in [0.5, 0.6) is 0 Å². The Morgan fingerprint density at radius 1 is 1.43 bits per heavy atom. The van der Waals surface area contributed by atoms with Crippen molar-refractivity contribution in [1.29, 1.82) is 0 Å². The molecule has 0 saturated heterocycles. The van der Waals surface area contributed by atoms with Gasteiger partial charge in [0.25, 0.3) is 0 Å². The molecule has 0 fully saturated rings. The highest BCUT2D eigenvalue weighted by Crippen LogP contribution is 2.01. The van der Waals surface area contributed by atoms with E-state index in [2.05, 4.69) is 30.4 Å². The smallest absolute Gasteiger partial charge is 0.305 e. The molecule has 0 heterocycles. The largest absolute Gasteiger partial charge is 0.469 e. The van der Waals surface area contributed by atoms with Crippen LogP contribution in [0.3, 0.4) is 0 Å². The molecule has 0 aliphatic rings. The minimum atomic E-state index is -0.106. The van der Waals surface area contributed by atoms with Crippen molar-refractivity contribution < 1.29 is 9.53 Å². The maximum Gasteiger partial charge on any atom is 0.305 e. The van der Waals surface area contributed by atoms with Gasteiger partial charge < -0.3 is 9.64 Å². The highest BCUT2D eigenvalue weighted by Gasteiger charge is 2.06. The summed E-state index contributed by atoms with van der Waals surface area (Å²) < 4.78 is 4.59. The van der Waals surface area contributed by atoms with Gasteiger partial charge in [-0.1, -0.05) is 20.8 Å². The maximum absolute atomic E-state index is 10.9. The van der Waals surface area contributed by atoms with Crippen LogP contribution in [0, 0.1) is 5.92 Å². The fraction of sp³-hybridized carbons (Fsp3) is 0.909. The highest BCUT2D eigenvalue weighted by molar-refractivity contribution is 5.69. The van der Waals surface area contributed by atoms with Gasteiger partial charge in [-0.3, -0.25) is 4.79 Å². The number of ether oxygens (including phenoxy) is 1. The molecule has 84 valence electrons. The molecular weight excluding hydrogens is 178 g/mol. The number of carbonyl (C=O) groups is 1. The lowest BCUT2D eigenvalue weighted by Crippen LogP contribution is -2.28.